The summed E-state index contributed by atoms with van der Waals surface area (Å²) in [5.41, 5.74) is 1.18. The molecule has 1 aliphatic rings. The van der Waals surface area contributed by atoms with Gasteiger partial charge >= 0.3 is 0 Å². The molecule has 0 heterocycles. The van der Waals surface area contributed by atoms with Gasteiger partial charge in [0.15, 0.2) is 0 Å². The van der Waals surface area contributed by atoms with Crippen molar-refractivity contribution in [3.05, 3.63) is 28.2 Å². The third-order valence-electron chi connectivity index (χ3n) is 2.66. The van der Waals surface area contributed by atoms with Crippen molar-refractivity contribution in [1.29, 1.82) is 0 Å². The van der Waals surface area contributed by atoms with E-state index in [0.29, 0.717) is 12.6 Å². The van der Waals surface area contributed by atoms with Crippen molar-refractivity contribution in [1.82, 2.24) is 5.32 Å². The zero-order chi connectivity index (χ0) is 12.1. The van der Waals surface area contributed by atoms with Gasteiger partial charge in [0.1, 0.15) is 12.4 Å². The first-order chi connectivity index (χ1) is 8.29. The van der Waals surface area contributed by atoms with Gasteiger partial charge in [-0.3, -0.25) is 0 Å². The normalized spacial score (nSPS) is 14.0. The van der Waals surface area contributed by atoms with Crippen LogP contribution in [0, 0.1) is 11.8 Å². The molecule has 0 bridgehead atoms. The maximum atomic E-state index is 5.65. The lowest BCUT2D eigenvalue weighted by Gasteiger charge is -2.10. The van der Waals surface area contributed by atoms with E-state index in [4.69, 9.17) is 4.74 Å². The molecular formula is C14H16BrNO. The number of benzene rings is 1. The highest BCUT2D eigenvalue weighted by Gasteiger charge is 2.20. The van der Waals surface area contributed by atoms with Crippen LogP contribution in [-0.4, -0.2) is 12.6 Å². The van der Waals surface area contributed by atoms with Gasteiger partial charge in [0.2, 0.25) is 0 Å². The standard InChI is InChI=1S/C14H16BrNO/c1-2-3-8-17-14-7-4-12(15)9-11(14)10-16-13-5-6-13/h4,7,9,13,16H,5-6,8,10H2,1H3. The molecule has 1 N–H and O–H groups in total. The Morgan fingerprint density at radius 2 is 2.29 bits per heavy atom. The van der Waals surface area contributed by atoms with Crippen molar-refractivity contribution in [3.8, 4) is 17.6 Å². The lowest BCUT2D eigenvalue weighted by molar-refractivity contribution is 0.364. The minimum Gasteiger partial charge on any atom is -0.481 e. The summed E-state index contributed by atoms with van der Waals surface area (Å²) in [7, 11) is 0. The van der Waals surface area contributed by atoms with Gasteiger partial charge in [-0.2, -0.15) is 0 Å². The molecule has 0 amide bonds. The minimum absolute atomic E-state index is 0.453. The summed E-state index contributed by atoms with van der Waals surface area (Å²) >= 11 is 3.49. The van der Waals surface area contributed by atoms with Crippen LogP contribution in [0.4, 0.5) is 0 Å². The Hall–Kier alpha value is -0.980. The van der Waals surface area contributed by atoms with Gasteiger partial charge < -0.3 is 10.1 Å². The number of hydrogen-bond donors (Lipinski definition) is 1. The molecule has 0 aromatic heterocycles. The van der Waals surface area contributed by atoms with Crippen molar-refractivity contribution in [2.45, 2.75) is 32.4 Å². The van der Waals surface area contributed by atoms with E-state index in [9.17, 15) is 0 Å². The Labute approximate surface area is 111 Å². The zero-order valence-electron chi connectivity index (χ0n) is 9.92. The Balaban J connectivity index is 2.01. The van der Waals surface area contributed by atoms with E-state index in [0.717, 1.165) is 16.8 Å². The van der Waals surface area contributed by atoms with E-state index in [1.165, 1.54) is 18.4 Å². The van der Waals surface area contributed by atoms with Gasteiger partial charge in [-0.05, 0) is 38.0 Å². The van der Waals surface area contributed by atoms with Crippen molar-refractivity contribution in [3.63, 3.8) is 0 Å². The molecule has 3 heteroatoms. The van der Waals surface area contributed by atoms with Gasteiger partial charge in [-0.25, -0.2) is 0 Å². The summed E-state index contributed by atoms with van der Waals surface area (Å²) in [6, 6.07) is 6.79. The molecule has 0 spiro atoms. The van der Waals surface area contributed by atoms with Crippen LogP contribution in [0.25, 0.3) is 0 Å². The van der Waals surface area contributed by atoms with Gasteiger partial charge in [0, 0.05) is 22.6 Å². The van der Waals surface area contributed by atoms with E-state index in [1.807, 2.05) is 19.1 Å². The third kappa shape index (κ3) is 4.07. The van der Waals surface area contributed by atoms with Crippen LogP contribution in [-0.2, 0) is 6.54 Å². The van der Waals surface area contributed by atoms with Gasteiger partial charge in [-0.1, -0.05) is 21.9 Å². The second kappa shape index (κ2) is 6.09. The molecule has 0 unspecified atom stereocenters. The van der Waals surface area contributed by atoms with E-state index < -0.39 is 0 Å². The van der Waals surface area contributed by atoms with Crippen LogP contribution in [0.5, 0.6) is 5.75 Å². The summed E-state index contributed by atoms with van der Waals surface area (Å²) in [6.45, 7) is 3.13. The molecule has 17 heavy (non-hydrogen) atoms. The maximum Gasteiger partial charge on any atom is 0.149 e. The number of rotatable bonds is 5. The number of nitrogens with one attached hydrogen (secondary N) is 1. The molecule has 1 aromatic carbocycles. The molecule has 0 radical (unpaired) electrons. The van der Waals surface area contributed by atoms with Gasteiger partial charge in [-0.15, -0.1) is 5.92 Å². The van der Waals surface area contributed by atoms with Crippen LogP contribution in [0.3, 0.4) is 0 Å². The highest BCUT2D eigenvalue weighted by atomic mass is 79.9. The predicted molar refractivity (Wildman–Crippen MR) is 72.9 cm³/mol. The number of halogens is 1. The second-order valence-corrected chi connectivity index (χ2v) is 5.04. The molecule has 2 rings (SSSR count). The first kappa shape index (κ1) is 12.5. The van der Waals surface area contributed by atoms with Crippen molar-refractivity contribution in [2.24, 2.45) is 0 Å². The summed E-state index contributed by atoms with van der Waals surface area (Å²) in [5.74, 6) is 6.66. The molecule has 1 aliphatic carbocycles. The molecule has 1 saturated carbocycles. The fourth-order valence-corrected chi connectivity index (χ4v) is 1.96. The molecule has 1 fully saturated rings. The monoisotopic (exact) mass is 293 g/mol. The zero-order valence-corrected chi connectivity index (χ0v) is 11.5. The highest BCUT2D eigenvalue weighted by molar-refractivity contribution is 9.10. The SMILES string of the molecule is CC#CCOc1ccc(Br)cc1CNC1CC1. The molecule has 1 aromatic rings. The van der Waals surface area contributed by atoms with E-state index in [2.05, 4.69) is 39.2 Å². The molecule has 0 atom stereocenters. The predicted octanol–water partition coefficient (Wildman–Crippen LogP) is 3.10. The highest BCUT2D eigenvalue weighted by Crippen LogP contribution is 2.25. The molecular weight excluding hydrogens is 278 g/mol. The molecule has 0 aliphatic heterocycles. The number of hydrogen-bond acceptors (Lipinski definition) is 2. The third-order valence-corrected chi connectivity index (χ3v) is 3.15. The Morgan fingerprint density at radius 3 is 3.00 bits per heavy atom. The first-order valence-electron chi connectivity index (χ1n) is 5.84. The second-order valence-electron chi connectivity index (χ2n) is 4.12. The molecule has 90 valence electrons. The van der Waals surface area contributed by atoms with Crippen molar-refractivity contribution in [2.75, 3.05) is 6.61 Å². The Morgan fingerprint density at radius 1 is 1.47 bits per heavy atom. The summed E-state index contributed by atoms with van der Waals surface area (Å²) in [5, 5.41) is 3.49. The maximum absolute atomic E-state index is 5.65. The molecule has 2 nitrogen and oxygen atoms in total. The number of ether oxygens (including phenoxy) is 1. The largest absolute Gasteiger partial charge is 0.481 e. The van der Waals surface area contributed by atoms with Crippen LogP contribution in [0.1, 0.15) is 25.3 Å². The Kier molecular flexibility index (Phi) is 4.47. The van der Waals surface area contributed by atoms with Gasteiger partial charge in [0.05, 0.1) is 0 Å². The fraction of sp³-hybridized carbons (Fsp3) is 0.429. The average Bonchev–Trinajstić information content (AvgIpc) is 3.13. The summed E-state index contributed by atoms with van der Waals surface area (Å²) in [4.78, 5) is 0. The fourth-order valence-electron chi connectivity index (χ4n) is 1.55. The van der Waals surface area contributed by atoms with E-state index in [-0.39, 0.29) is 0 Å². The summed E-state index contributed by atoms with van der Waals surface area (Å²) in [6.07, 6.45) is 2.59. The average molecular weight is 294 g/mol. The topological polar surface area (TPSA) is 21.3 Å². The lowest BCUT2D eigenvalue weighted by atomic mass is 10.2. The van der Waals surface area contributed by atoms with E-state index >= 15 is 0 Å². The van der Waals surface area contributed by atoms with Crippen LogP contribution < -0.4 is 10.1 Å². The van der Waals surface area contributed by atoms with Crippen LogP contribution in [0.15, 0.2) is 22.7 Å². The summed E-state index contributed by atoms with van der Waals surface area (Å²) < 4.78 is 6.73. The Bertz CT molecular complexity index is 443. The van der Waals surface area contributed by atoms with Gasteiger partial charge in [0.25, 0.3) is 0 Å². The first-order valence-corrected chi connectivity index (χ1v) is 6.63. The van der Waals surface area contributed by atoms with Crippen molar-refractivity contribution >= 4 is 15.9 Å². The van der Waals surface area contributed by atoms with E-state index in [1.54, 1.807) is 0 Å². The minimum atomic E-state index is 0.453. The lowest BCUT2D eigenvalue weighted by Crippen LogP contribution is -2.16. The van der Waals surface area contributed by atoms with Crippen molar-refractivity contribution < 1.29 is 4.74 Å². The smallest absolute Gasteiger partial charge is 0.149 e. The van der Waals surface area contributed by atoms with Crippen LogP contribution in [0.2, 0.25) is 0 Å². The molecule has 0 saturated heterocycles. The quantitative estimate of drug-likeness (QED) is 0.843. The van der Waals surface area contributed by atoms with Crippen LogP contribution >= 0.6 is 15.9 Å².